The average Bonchev–Trinajstić information content (AvgIpc) is 3.77. The Morgan fingerprint density at radius 2 is 0.814 bits per heavy atom. The minimum absolute atomic E-state index is 0.602. The lowest BCUT2D eigenvalue weighted by Gasteiger charge is -2.12. The highest BCUT2D eigenvalue weighted by molar-refractivity contribution is 6.21. The van der Waals surface area contributed by atoms with Crippen LogP contribution in [0.15, 0.2) is 211 Å². The molecule has 276 valence electrons. The van der Waals surface area contributed by atoms with Gasteiger partial charge in [-0.25, -0.2) is 19.9 Å². The molecule has 3 heterocycles. The molecule has 11 aromatic rings. The van der Waals surface area contributed by atoms with E-state index < -0.39 is 0 Å². The highest BCUT2D eigenvalue weighted by Crippen LogP contribution is 2.40. The fourth-order valence-corrected chi connectivity index (χ4v) is 7.94. The first-order valence-electron chi connectivity index (χ1n) is 19.7. The topological polar surface area (TPSA) is 64.7 Å². The molecule has 5 heteroatoms. The van der Waals surface area contributed by atoms with Gasteiger partial charge >= 0.3 is 0 Å². The van der Waals surface area contributed by atoms with Gasteiger partial charge in [0.05, 0.1) is 22.6 Å². The highest BCUT2D eigenvalue weighted by atomic mass is 16.3. The molecule has 0 amide bonds. The van der Waals surface area contributed by atoms with E-state index in [4.69, 9.17) is 24.4 Å². The quantitative estimate of drug-likeness (QED) is 0.152. The molecule has 0 radical (unpaired) electrons. The van der Waals surface area contributed by atoms with Gasteiger partial charge in [0.2, 0.25) is 5.89 Å². The first kappa shape index (κ1) is 34.2. The number of hydrogen-bond acceptors (Lipinski definition) is 5. The Balaban J connectivity index is 0.957. The molecule has 0 fully saturated rings. The third kappa shape index (κ3) is 6.41. The summed E-state index contributed by atoms with van der Waals surface area (Å²) in [4.78, 5) is 20.3. The summed E-state index contributed by atoms with van der Waals surface area (Å²) >= 11 is 0. The second kappa shape index (κ2) is 14.5. The normalized spacial score (nSPS) is 11.4. The lowest BCUT2D eigenvalue weighted by molar-refractivity contribution is 0.620. The van der Waals surface area contributed by atoms with Crippen LogP contribution >= 0.6 is 0 Å². The summed E-state index contributed by atoms with van der Waals surface area (Å²) in [5.41, 5.74) is 14.8. The van der Waals surface area contributed by atoms with Crippen molar-refractivity contribution in [3.63, 3.8) is 0 Å². The molecule has 59 heavy (non-hydrogen) atoms. The summed E-state index contributed by atoms with van der Waals surface area (Å²) in [7, 11) is 0. The summed E-state index contributed by atoms with van der Waals surface area (Å²) in [6.45, 7) is 0. The molecular formula is C54H34N4O. The van der Waals surface area contributed by atoms with E-state index in [9.17, 15) is 0 Å². The predicted octanol–water partition coefficient (Wildman–Crippen LogP) is 14.0. The SMILES string of the molecule is c1ccc(-c2cc(-c3ccc(-c4ccc(-c5ccc6nc(-c7ccccc7)c7ccc8oc(-c9ccccc9)nc8c7c6c5)cc4)cc3)nc(-c3ccccc3)n2)cc1. The monoisotopic (exact) mass is 754 g/mol. The Bertz CT molecular complexity index is 3220. The molecule has 0 bridgehead atoms. The number of benzene rings is 8. The van der Waals surface area contributed by atoms with Gasteiger partial charge in [0, 0.05) is 44.0 Å². The van der Waals surface area contributed by atoms with Gasteiger partial charge in [0.1, 0.15) is 5.52 Å². The maximum atomic E-state index is 6.37. The maximum absolute atomic E-state index is 6.37. The van der Waals surface area contributed by atoms with Crippen molar-refractivity contribution in [2.75, 3.05) is 0 Å². The van der Waals surface area contributed by atoms with Gasteiger partial charge in [0.15, 0.2) is 11.4 Å². The van der Waals surface area contributed by atoms with Gasteiger partial charge in [0.25, 0.3) is 0 Å². The lowest BCUT2D eigenvalue weighted by atomic mass is 9.95. The number of nitrogens with zero attached hydrogens (tertiary/aromatic N) is 4. The third-order valence-electron chi connectivity index (χ3n) is 10.9. The molecule has 11 rings (SSSR count). The Morgan fingerprint density at radius 1 is 0.322 bits per heavy atom. The van der Waals surface area contributed by atoms with E-state index in [1.54, 1.807) is 0 Å². The van der Waals surface area contributed by atoms with Crippen LogP contribution in [0.4, 0.5) is 0 Å². The first-order valence-corrected chi connectivity index (χ1v) is 19.7. The minimum atomic E-state index is 0.602. The number of pyridine rings is 1. The van der Waals surface area contributed by atoms with E-state index in [0.717, 1.165) is 99.9 Å². The zero-order valence-corrected chi connectivity index (χ0v) is 31.8. The number of fused-ring (bicyclic) bond motifs is 5. The molecule has 0 saturated carbocycles. The van der Waals surface area contributed by atoms with E-state index >= 15 is 0 Å². The van der Waals surface area contributed by atoms with Crippen LogP contribution in [0.5, 0.6) is 0 Å². The molecule has 5 nitrogen and oxygen atoms in total. The largest absolute Gasteiger partial charge is 0.436 e. The van der Waals surface area contributed by atoms with Crippen molar-refractivity contribution >= 4 is 32.8 Å². The molecule has 0 atom stereocenters. The molecule has 8 aromatic carbocycles. The number of hydrogen-bond donors (Lipinski definition) is 0. The van der Waals surface area contributed by atoms with Crippen LogP contribution in [0.3, 0.4) is 0 Å². The van der Waals surface area contributed by atoms with Crippen molar-refractivity contribution in [2.45, 2.75) is 0 Å². The van der Waals surface area contributed by atoms with Crippen LogP contribution in [0, 0.1) is 0 Å². The molecule has 0 aliphatic rings. The van der Waals surface area contributed by atoms with Crippen molar-refractivity contribution in [3.05, 3.63) is 206 Å². The summed E-state index contributed by atoms with van der Waals surface area (Å²) in [5, 5.41) is 3.10. The zero-order chi connectivity index (χ0) is 39.1. The van der Waals surface area contributed by atoms with E-state index in [1.165, 1.54) is 0 Å². The maximum Gasteiger partial charge on any atom is 0.227 e. The Morgan fingerprint density at radius 3 is 1.42 bits per heavy atom. The molecule has 0 N–H and O–H groups in total. The Labute approximate surface area is 341 Å². The summed E-state index contributed by atoms with van der Waals surface area (Å²) < 4.78 is 6.37. The lowest BCUT2D eigenvalue weighted by Crippen LogP contribution is -1.95. The van der Waals surface area contributed by atoms with E-state index in [1.807, 2.05) is 78.9 Å². The standard InChI is InChI=1S/C54H34N4O/c1-5-13-38(14-6-1)47-34-48(57-53(56-47)41-17-9-3-10-18-41)39-27-25-36(26-28-39)35-21-23-37(24-22-35)43-29-31-46-45(33-43)50-44(51(55-46)40-15-7-2-8-16-40)30-32-49-52(50)58-54(59-49)42-19-11-4-12-20-42/h1-34H. The van der Waals surface area contributed by atoms with Crippen LogP contribution in [-0.2, 0) is 0 Å². The van der Waals surface area contributed by atoms with Crippen LogP contribution < -0.4 is 0 Å². The number of oxazole rings is 1. The fourth-order valence-electron chi connectivity index (χ4n) is 7.94. The smallest absolute Gasteiger partial charge is 0.227 e. The van der Waals surface area contributed by atoms with E-state index in [-0.39, 0.29) is 0 Å². The predicted molar refractivity (Wildman–Crippen MR) is 240 cm³/mol. The van der Waals surface area contributed by atoms with Crippen LogP contribution in [0.2, 0.25) is 0 Å². The van der Waals surface area contributed by atoms with Crippen molar-refractivity contribution in [1.29, 1.82) is 0 Å². The molecular weight excluding hydrogens is 721 g/mol. The zero-order valence-electron chi connectivity index (χ0n) is 31.8. The third-order valence-corrected chi connectivity index (χ3v) is 10.9. The fraction of sp³-hybridized carbons (Fsp3) is 0. The minimum Gasteiger partial charge on any atom is -0.436 e. The molecule has 0 unspecified atom stereocenters. The first-order chi connectivity index (χ1) is 29.2. The molecule has 0 saturated heterocycles. The van der Waals surface area contributed by atoms with Gasteiger partial charge in [-0.1, -0.05) is 164 Å². The van der Waals surface area contributed by atoms with E-state index in [2.05, 4.69) is 127 Å². The van der Waals surface area contributed by atoms with Gasteiger partial charge in [-0.3, -0.25) is 0 Å². The van der Waals surface area contributed by atoms with Crippen molar-refractivity contribution < 1.29 is 4.42 Å². The van der Waals surface area contributed by atoms with Gasteiger partial charge in [-0.15, -0.1) is 0 Å². The highest BCUT2D eigenvalue weighted by Gasteiger charge is 2.18. The average molecular weight is 755 g/mol. The van der Waals surface area contributed by atoms with Crippen LogP contribution in [0.1, 0.15) is 0 Å². The summed E-state index contributed by atoms with van der Waals surface area (Å²) in [5.74, 6) is 1.31. The van der Waals surface area contributed by atoms with Crippen LogP contribution in [-0.4, -0.2) is 19.9 Å². The Hall–Kier alpha value is -8.02. The van der Waals surface area contributed by atoms with Gasteiger partial charge in [-0.05, 0) is 64.7 Å². The van der Waals surface area contributed by atoms with Crippen molar-refractivity contribution in [3.8, 4) is 78.9 Å². The molecule has 0 spiro atoms. The second-order valence-electron chi connectivity index (χ2n) is 14.6. The summed E-state index contributed by atoms with van der Waals surface area (Å²) in [6, 6.07) is 71.0. The van der Waals surface area contributed by atoms with Gasteiger partial charge < -0.3 is 4.42 Å². The Kier molecular flexibility index (Phi) is 8.41. The number of rotatable bonds is 7. The summed E-state index contributed by atoms with van der Waals surface area (Å²) in [6.07, 6.45) is 0. The number of aromatic nitrogens is 4. The van der Waals surface area contributed by atoms with Gasteiger partial charge in [-0.2, -0.15) is 0 Å². The molecule has 0 aliphatic carbocycles. The van der Waals surface area contributed by atoms with Crippen molar-refractivity contribution in [2.24, 2.45) is 0 Å². The van der Waals surface area contributed by atoms with Crippen molar-refractivity contribution in [1.82, 2.24) is 19.9 Å². The van der Waals surface area contributed by atoms with E-state index in [0.29, 0.717) is 11.7 Å². The van der Waals surface area contributed by atoms with Crippen LogP contribution in [0.25, 0.3) is 112 Å². The molecule has 3 aromatic heterocycles. The molecule has 0 aliphatic heterocycles. The second-order valence-corrected chi connectivity index (χ2v) is 14.6.